The van der Waals surface area contributed by atoms with Crippen molar-refractivity contribution in [2.45, 2.75) is 74.3 Å². The van der Waals surface area contributed by atoms with Crippen molar-refractivity contribution in [1.82, 2.24) is 24.9 Å². The number of rotatable bonds is 8. The molecule has 0 bridgehead atoms. The van der Waals surface area contributed by atoms with Crippen LogP contribution >= 0.6 is 22.9 Å². The Morgan fingerprint density at radius 1 is 1.22 bits per heavy atom. The monoisotopic (exact) mass is 752 g/mol. The molecule has 268 valence electrons. The number of ether oxygens (including phenoxy) is 2. The quantitative estimate of drug-likeness (QED) is 0.291. The Hall–Kier alpha value is -4.34. The smallest absolute Gasteiger partial charge is 0.319 e. The first-order chi connectivity index (χ1) is 24.4. The molecule has 16 heteroatoms. The fourth-order valence-electron chi connectivity index (χ4n) is 6.45. The summed E-state index contributed by atoms with van der Waals surface area (Å²) in [6, 6.07) is 3.53. The second-order valence-corrected chi connectivity index (χ2v) is 16.9. The first-order valence-corrected chi connectivity index (χ1v) is 19.4. The summed E-state index contributed by atoms with van der Waals surface area (Å²) >= 11 is 8.11. The number of aliphatic imine (C=N–C) groups is 1. The van der Waals surface area contributed by atoms with Crippen LogP contribution < -0.4 is 19.5 Å². The van der Waals surface area contributed by atoms with Gasteiger partial charge in [0.05, 0.1) is 29.6 Å². The lowest BCUT2D eigenvalue weighted by molar-refractivity contribution is -0.122. The number of allylic oxidation sites excluding steroid dienone is 1. The first kappa shape index (κ1) is 35.1. The van der Waals surface area contributed by atoms with Crippen LogP contribution in [0.25, 0.3) is 27.7 Å². The SMILES string of the molecule is C=Cc1csc(-c2cc(O[C@H]3C[C@H]4C(=O)N=CCCC/C=C\[C@@H]5C[C@@]5(C(=O)NS(=O)(=O)C5(C)CC5)NC(=O)N4C3)c3ccc(OC)c(Cl)c3n2)n1. The highest BCUT2D eigenvalue weighted by atomic mass is 35.5. The highest BCUT2D eigenvalue weighted by Gasteiger charge is 2.63. The van der Waals surface area contributed by atoms with Gasteiger partial charge >= 0.3 is 6.03 Å². The van der Waals surface area contributed by atoms with E-state index >= 15 is 0 Å². The molecule has 4 aliphatic rings. The minimum Gasteiger partial charge on any atom is -0.495 e. The van der Waals surface area contributed by atoms with Gasteiger partial charge in [0.25, 0.3) is 11.8 Å². The molecule has 3 fully saturated rings. The molecule has 3 aromatic rings. The zero-order valence-electron chi connectivity index (χ0n) is 28.1. The number of amides is 4. The zero-order chi connectivity index (χ0) is 36.1. The average Bonchev–Trinajstić information content (AvgIpc) is 3.88. The van der Waals surface area contributed by atoms with Crippen molar-refractivity contribution in [1.29, 1.82) is 0 Å². The highest BCUT2D eigenvalue weighted by Crippen LogP contribution is 2.48. The number of pyridine rings is 1. The maximum Gasteiger partial charge on any atom is 0.319 e. The van der Waals surface area contributed by atoms with Crippen molar-refractivity contribution < 1.29 is 32.3 Å². The molecule has 2 aliphatic carbocycles. The molecule has 51 heavy (non-hydrogen) atoms. The molecule has 2 aliphatic heterocycles. The minimum absolute atomic E-state index is 0.0206. The number of halogens is 1. The van der Waals surface area contributed by atoms with Gasteiger partial charge in [-0.05, 0) is 63.7 Å². The van der Waals surface area contributed by atoms with E-state index in [2.05, 4.69) is 26.6 Å². The van der Waals surface area contributed by atoms with Crippen LogP contribution in [0.15, 0.2) is 47.3 Å². The number of methoxy groups -OCH3 is 1. The summed E-state index contributed by atoms with van der Waals surface area (Å²) in [5.41, 5.74) is 0.113. The van der Waals surface area contributed by atoms with E-state index in [1.807, 2.05) is 17.5 Å². The van der Waals surface area contributed by atoms with Crippen LogP contribution in [0.2, 0.25) is 5.02 Å². The number of aromatic nitrogens is 2. The largest absolute Gasteiger partial charge is 0.495 e. The normalized spacial score (nSPS) is 26.3. The number of thiazole rings is 1. The van der Waals surface area contributed by atoms with Gasteiger partial charge in [-0.15, -0.1) is 11.3 Å². The number of carbonyl (C=O) groups excluding carboxylic acids is 3. The van der Waals surface area contributed by atoms with E-state index in [1.54, 1.807) is 37.4 Å². The van der Waals surface area contributed by atoms with Crippen molar-refractivity contribution in [2.24, 2.45) is 10.9 Å². The molecule has 0 unspecified atom stereocenters. The van der Waals surface area contributed by atoms with E-state index < -0.39 is 56.2 Å². The number of fused-ring (bicyclic) bond motifs is 3. The Morgan fingerprint density at radius 2 is 2.02 bits per heavy atom. The number of sulfonamides is 1. The average molecular weight is 753 g/mol. The maximum atomic E-state index is 14.1. The Labute approximate surface area is 304 Å². The Bertz CT molecular complexity index is 2110. The van der Waals surface area contributed by atoms with Crippen molar-refractivity contribution in [3.8, 4) is 22.2 Å². The number of nitrogens with zero attached hydrogens (tertiary/aromatic N) is 4. The summed E-state index contributed by atoms with van der Waals surface area (Å²) in [6.07, 6.45) is 9.44. The molecule has 2 N–H and O–H groups in total. The Morgan fingerprint density at radius 3 is 2.75 bits per heavy atom. The van der Waals surface area contributed by atoms with Gasteiger partial charge < -0.3 is 19.7 Å². The number of hydrogen-bond donors (Lipinski definition) is 2. The fraction of sp³-hybridized carbons (Fsp3) is 0.429. The van der Waals surface area contributed by atoms with Crippen LogP contribution in [0.3, 0.4) is 0 Å². The van der Waals surface area contributed by atoms with E-state index in [0.717, 1.165) is 6.42 Å². The van der Waals surface area contributed by atoms with Crippen LogP contribution in [0, 0.1) is 5.92 Å². The lowest BCUT2D eigenvalue weighted by Gasteiger charge is -2.27. The van der Waals surface area contributed by atoms with Crippen molar-refractivity contribution in [3.63, 3.8) is 0 Å². The molecule has 4 heterocycles. The molecule has 0 radical (unpaired) electrons. The molecule has 4 atom stereocenters. The van der Waals surface area contributed by atoms with Crippen LogP contribution in [-0.2, 0) is 19.6 Å². The lowest BCUT2D eigenvalue weighted by atomic mass is 10.1. The molecular formula is C35H37ClN6O7S2. The van der Waals surface area contributed by atoms with E-state index in [-0.39, 0.29) is 24.4 Å². The number of nitrogens with one attached hydrogen (secondary N) is 2. The molecule has 2 aromatic heterocycles. The third kappa shape index (κ3) is 6.62. The van der Waals surface area contributed by atoms with Crippen LogP contribution in [-0.4, -0.2) is 83.4 Å². The van der Waals surface area contributed by atoms with Gasteiger partial charge in [0, 0.05) is 35.4 Å². The summed E-state index contributed by atoms with van der Waals surface area (Å²) in [5, 5.41) is 6.15. The van der Waals surface area contributed by atoms with Crippen LogP contribution in [0.5, 0.6) is 11.5 Å². The summed E-state index contributed by atoms with van der Waals surface area (Å²) in [6.45, 7) is 5.36. The minimum atomic E-state index is -3.96. The van der Waals surface area contributed by atoms with Crippen molar-refractivity contribution >= 4 is 74.0 Å². The van der Waals surface area contributed by atoms with Crippen LogP contribution in [0.4, 0.5) is 4.79 Å². The van der Waals surface area contributed by atoms with Gasteiger partial charge in [-0.25, -0.2) is 28.2 Å². The molecule has 7 rings (SSSR count). The Balaban J connectivity index is 1.20. The van der Waals surface area contributed by atoms with E-state index in [4.69, 9.17) is 26.1 Å². The number of urea groups is 1. The van der Waals surface area contributed by atoms with Gasteiger partial charge in [0.1, 0.15) is 44.9 Å². The van der Waals surface area contributed by atoms with Gasteiger partial charge in [0.2, 0.25) is 10.0 Å². The molecular weight excluding hydrogens is 716 g/mol. The topological polar surface area (TPSA) is 169 Å². The predicted molar refractivity (Wildman–Crippen MR) is 195 cm³/mol. The summed E-state index contributed by atoms with van der Waals surface area (Å²) in [7, 11) is -2.45. The highest BCUT2D eigenvalue weighted by molar-refractivity contribution is 7.91. The summed E-state index contributed by atoms with van der Waals surface area (Å²) in [5.74, 6) is -0.896. The fourth-order valence-corrected chi connectivity index (χ4v) is 8.81. The van der Waals surface area contributed by atoms with Gasteiger partial charge in [-0.3, -0.25) is 14.3 Å². The number of hydrogen-bond acceptors (Lipinski definition) is 10. The summed E-state index contributed by atoms with van der Waals surface area (Å²) < 4.78 is 39.3. The van der Waals surface area contributed by atoms with Crippen molar-refractivity contribution in [2.75, 3.05) is 13.7 Å². The van der Waals surface area contributed by atoms with E-state index in [0.29, 0.717) is 64.5 Å². The van der Waals surface area contributed by atoms with E-state index in [9.17, 15) is 22.8 Å². The molecule has 13 nitrogen and oxygen atoms in total. The molecule has 1 saturated heterocycles. The van der Waals surface area contributed by atoms with Gasteiger partial charge in [-0.1, -0.05) is 30.3 Å². The molecule has 1 aromatic carbocycles. The van der Waals surface area contributed by atoms with Crippen LogP contribution in [0.1, 0.15) is 57.6 Å². The van der Waals surface area contributed by atoms with Crippen molar-refractivity contribution in [3.05, 3.63) is 53.0 Å². The standard InChI is InChI=1S/C35H37ClN6O7S2/c1-4-21-19-50-31(38-21)24-16-27(23-10-11-26(48-3)28(36)29(23)39-24)49-22-15-25-30(43)37-14-8-6-5-7-9-20-17-35(20,40-33(45)42(25)18-22)32(44)41-51(46,47)34(2)12-13-34/h4,7,9-11,14,16,19-20,22,25H,1,5-6,8,12-13,15,17-18H2,2-3H3,(H,40,45)(H,41,44)/b9-7-,37-14?/t20-,22+,25+,35-/m1/s1. The number of carbonyl (C=O) groups is 3. The summed E-state index contributed by atoms with van der Waals surface area (Å²) in [4.78, 5) is 56.1. The second kappa shape index (κ2) is 13.3. The van der Waals surface area contributed by atoms with Gasteiger partial charge in [0.15, 0.2) is 0 Å². The third-order valence-electron chi connectivity index (χ3n) is 9.99. The number of benzene rings is 1. The van der Waals surface area contributed by atoms with Gasteiger partial charge in [-0.2, -0.15) is 0 Å². The molecule has 0 spiro atoms. The third-order valence-corrected chi connectivity index (χ3v) is 13.4. The molecule has 4 amide bonds. The Kier molecular flexibility index (Phi) is 9.17. The zero-order valence-corrected chi connectivity index (χ0v) is 30.4. The maximum absolute atomic E-state index is 14.1. The molecule has 2 saturated carbocycles. The second-order valence-electron chi connectivity index (χ2n) is 13.5. The first-order valence-electron chi connectivity index (χ1n) is 16.7. The van der Waals surface area contributed by atoms with E-state index in [1.165, 1.54) is 23.3 Å². The predicted octanol–water partition coefficient (Wildman–Crippen LogP) is 5.29. The lowest BCUT2D eigenvalue weighted by Crippen LogP contribution is -2.57.